The molecular weight excluding hydrogens is 502 g/mol. The van der Waals surface area contributed by atoms with Gasteiger partial charge in [0.1, 0.15) is 5.00 Å². The zero-order valence-corrected chi connectivity index (χ0v) is 22.0. The number of benzene rings is 2. The van der Waals surface area contributed by atoms with E-state index in [4.69, 9.17) is 14.5 Å². The van der Waals surface area contributed by atoms with Crippen molar-refractivity contribution in [3.63, 3.8) is 0 Å². The predicted molar refractivity (Wildman–Crippen MR) is 147 cm³/mol. The predicted octanol–water partition coefficient (Wildman–Crippen LogP) is 5.91. The lowest BCUT2D eigenvalue weighted by Crippen LogP contribution is -2.36. The maximum atomic E-state index is 13.7. The number of amides is 2. The largest absolute Gasteiger partial charge is 0.462 e. The van der Waals surface area contributed by atoms with E-state index in [1.54, 1.807) is 24.8 Å². The number of para-hydroxylation sites is 1. The normalized spacial score (nSPS) is 12.6. The second kappa shape index (κ2) is 11.0. The Kier molecular flexibility index (Phi) is 7.37. The summed E-state index contributed by atoms with van der Waals surface area (Å²) in [6.45, 7) is 4.71. The molecule has 2 aromatic carbocycles. The lowest BCUT2D eigenvalue weighted by atomic mass is 10.0. The number of fused-ring (bicyclic) bond motifs is 2. The monoisotopic (exact) mass is 529 g/mol. The zero-order chi connectivity index (χ0) is 26.6. The number of ether oxygens (including phenoxy) is 2. The van der Waals surface area contributed by atoms with Crippen LogP contribution in [0, 0.1) is 0 Å². The maximum absolute atomic E-state index is 13.7. The lowest BCUT2D eigenvalue weighted by molar-refractivity contribution is 0.0526. The number of carbonyl (C=O) groups excluding carboxylic acids is 3. The van der Waals surface area contributed by atoms with Crippen LogP contribution in [0.25, 0.3) is 22.2 Å². The molecule has 5 rings (SSSR count). The molecule has 2 amide bonds. The van der Waals surface area contributed by atoms with Crippen LogP contribution in [0.4, 0.5) is 9.80 Å². The molecule has 4 aromatic rings. The van der Waals surface area contributed by atoms with E-state index in [0.29, 0.717) is 52.2 Å². The van der Waals surface area contributed by atoms with Gasteiger partial charge in [-0.05, 0) is 38.0 Å². The SMILES string of the molecule is CCOC(=O)c1c(NC(=O)c2cc(-c3ccccc3)nc3ccccc23)sc2c1CCN(C(=O)OCC)C2. The van der Waals surface area contributed by atoms with Crippen molar-refractivity contribution in [3.05, 3.63) is 82.2 Å². The molecule has 8 nitrogen and oxygen atoms in total. The molecule has 9 heteroatoms. The molecule has 1 aliphatic heterocycles. The molecule has 1 aliphatic rings. The van der Waals surface area contributed by atoms with Gasteiger partial charge in [0.2, 0.25) is 0 Å². The van der Waals surface area contributed by atoms with Gasteiger partial charge in [0.15, 0.2) is 0 Å². The number of hydrogen-bond donors (Lipinski definition) is 1. The first-order valence-electron chi connectivity index (χ1n) is 12.5. The van der Waals surface area contributed by atoms with E-state index in [2.05, 4.69) is 5.32 Å². The van der Waals surface area contributed by atoms with Gasteiger partial charge in [0.25, 0.3) is 5.91 Å². The fourth-order valence-corrected chi connectivity index (χ4v) is 5.82. The summed E-state index contributed by atoms with van der Waals surface area (Å²) in [5, 5.41) is 4.09. The third-order valence-electron chi connectivity index (χ3n) is 6.32. The molecule has 0 unspecified atom stereocenters. The number of anilines is 1. The Morgan fingerprint density at radius 3 is 2.50 bits per heavy atom. The van der Waals surface area contributed by atoms with E-state index in [9.17, 15) is 14.4 Å². The Hall–Kier alpha value is -4.24. The van der Waals surface area contributed by atoms with Gasteiger partial charge in [0, 0.05) is 22.4 Å². The Morgan fingerprint density at radius 2 is 1.74 bits per heavy atom. The summed E-state index contributed by atoms with van der Waals surface area (Å²) in [6, 6.07) is 18.9. The molecule has 0 radical (unpaired) electrons. The first kappa shape index (κ1) is 25.4. The molecule has 3 heterocycles. The quantitative estimate of drug-likeness (QED) is 0.312. The van der Waals surface area contributed by atoms with Gasteiger partial charge in [-0.3, -0.25) is 4.79 Å². The fraction of sp³-hybridized carbons (Fsp3) is 0.241. The molecule has 0 saturated carbocycles. The minimum absolute atomic E-state index is 0.210. The average molecular weight is 530 g/mol. The van der Waals surface area contributed by atoms with Crippen molar-refractivity contribution >= 4 is 45.2 Å². The summed E-state index contributed by atoms with van der Waals surface area (Å²) in [7, 11) is 0. The summed E-state index contributed by atoms with van der Waals surface area (Å²) in [4.78, 5) is 46.2. The first-order valence-corrected chi connectivity index (χ1v) is 13.3. The van der Waals surface area contributed by atoms with Gasteiger partial charge in [-0.1, -0.05) is 48.5 Å². The number of thiophene rings is 1. The number of hydrogen-bond acceptors (Lipinski definition) is 7. The molecule has 2 aromatic heterocycles. The summed E-state index contributed by atoms with van der Waals surface area (Å²) in [5.41, 5.74) is 3.86. The lowest BCUT2D eigenvalue weighted by Gasteiger charge is -2.26. The van der Waals surface area contributed by atoms with Crippen molar-refractivity contribution in [1.82, 2.24) is 9.88 Å². The standard InChI is InChI=1S/C29H27N3O5S/c1-3-36-28(34)25-20-14-15-32(29(35)37-4-2)17-24(20)38-27(25)31-26(33)21-16-23(18-10-6-5-7-11-18)30-22-13-9-8-12-19(21)22/h5-13,16H,3-4,14-15,17H2,1-2H3,(H,31,33). The molecule has 38 heavy (non-hydrogen) atoms. The highest BCUT2D eigenvalue weighted by Crippen LogP contribution is 2.38. The van der Waals surface area contributed by atoms with Gasteiger partial charge in [-0.25, -0.2) is 14.6 Å². The minimum atomic E-state index is -0.491. The third kappa shape index (κ3) is 4.97. The number of esters is 1. The van der Waals surface area contributed by atoms with Gasteiger partial charge in [-0.2, -0.15) is 0 Å². The molecule has 194 valence electrons. The Labute approximate surface area is 224 Å². The highest BCUT2D eigenvalue weighted by molar-refractivity contribution is 7.17. The van der Waals surface area contributed by atoms with Crippen LogP contribution in [0.3, 0.4) is 0 Å². The van der Waals surface area contributed by atoms with Crippen LogP contribution in [-0.4, -0.2) is 47.6 Å². The van der Waals surface area contributed by atoms with Crippen LogP contribution in [0.5, 0.6) is 0 Å². The second-order valence-corrected chi connectivity index (χ2v) is 9.80. The van der Waals surface area contributed by atoms with E-state index in [1.165, 1.54) is 11.3 Å². The molecule has 0 bridgehead atoms. The molecule has 1 N–H and O–H groups in total. The van der Waals surface area contributed by atoms with Gasteiger partial charge < -0.3 is 19.7 Å². The van der Waals surface area contributed by atoms with Gasteiger partial charge >= 0.3 is 12.1 Å². The van der Waals surface area contributed by atoms with Crippen molar-refractivity contribution in [2.75, 3.05) is 25.1 Å². The zero-order valence-electron chi connectivity index (χ0n) is 21.2. The Balaban J connectivity index is 1.53. The number of aromatic nitrogens is 1. The smallest absolute Gasteiger partial charge is 0.410 e. The van der Waals surface area contributed by atoms with E-state index < -0.39 is 12.1 Å². The number of carbonyl (C=O) groups is 3. The molecule has 0 aliphatic carbocycles. The average Bonchev–Trinajstić information content (AvgIpc) is 3.30. The summed E-state index contributed by atoms with van der Waals surface area (Å²) in [6.07, 6.45) is 0.0666. The fourth-order valence-electron chi connectivity index (χ4n) is 4.57. The first-order chi connectivity index (χ1) is 18.5. The molecular formula is C29H27N3O5S. The highest BCUT2D eigenvalue weighted by Gasteiger charge is 2.32. The second-order valence-electron chi connectivity index (χ2n) is 8.69. The summed E-state index contributed by atoms with van der Waals surface area (Å²) < 4.78 is 10.5. The minimum Gasteiger partial charge on any atom is -0.462 e. The van der Waals surface area contributed by atoms with Crippen LogP contribution in [0.15, 0.2) is 60.7 Å². The molecule has 0 spiro atoms. The summed E-state index contributed by atoms with van der Waals surface area (Å²) >= 11 is 1.29. The third-order valence-corrected chi connectivity index (χ3v) is 7.45. The Morgan fingerprint density at radius 1 is 1.00 bits per heavy atom. The van der Waals surface area contributed by atoms with E-state index in [-0.39, 0.29) is 19.1 Å². The summed E-state index contributed by atoms with van der Waals surface area (Å²) in [5.74, 6) is -0.846. The van der Waals surface area contributed by atoms with Crippen molar-refractivity contribution in [3.8, 4) is 11.3 Å². The van der Waals surface area contributed by atoms with Crippen molar-refractivity contribution in [1.29, 1.82) is 0 Å². The van der Waals surface area contributed by atoms with Crippen LogP contribution >= 0.6 is 11.3 Å². The van der Waals surface area contributed by atoms with Crippen LogP contribution in [0.1, 0.15) is 45.0 Å². The van der Waals surface area contributed by atoms with Crippen molar-refractivity contribution < 1.29 is 23.9 Å². The number of rotatable bonds is 6. The number of nitrogens with one attached hydrogen (secondary N) is 1. The van der Waals surface area contributed by atoms with E-state index >= 15 is 0 Å². The number of pyridine rings is 1. The van der Waals surface area contributed by atoms with Crippen LogP contribution < -0.4 is 5.32 Å². The van der Waals surface area contributed by atoms with E-state index in [0.717, 1.165) is 16.0 Å². The maximum Gasteiger partial charge on any atom is 0.410 e. The van der Waals surface area contributed by atoms with Crippen LogP contribution in [-0.2, 0) is 22.4 Å². The molecule has 0 saturated heterocycles. The molecule has 0 fully saturated rings. The van der Waals surface area contributed by atoms with E-state index in [1.807, 2.05) is 54.6 Å². The van der Waals surface area contributed by atoms with Crippen LogP contribution in [0.2, 0.25) is 0 Å². The van der Waals surface area contributed by atoms with Crippen molar-refractivity contribution in [2.24, 2.45) is 0 Å². The Bertz CT molecular complexity index is 1520. The van der Waals surface area contributed by atoms with Gasteiger partial charge in [0.05, 0.1) is 42.1 Å². The number of nitrogens with zero attached hydrogens (tertiary/aromatic N) is 2. The highest BCUT2D eigenvalue weighted by atomic mass is 32.1. The topological polar surface area (TPSA) is 97.8 Å². The molecule has 0 atom stereocenters. The van der Waals surface area contributed by atoms with Crippen molar-refractivity contribution in [2.45, 2.75) is 26.8 Å². The van der Waals surface area contributed by atoms with Gasteiger partial charge in [-0.15, -0.1) is 11.3 Å².